The third kappa shape index (κ3) is 4.20. The third-order valence-electron chi connectivity index (χ3n) is 3.92. The fraction of sp³-hybridized carbons (Fsp3) is 0.0909. The van der Waals surface area contributed by atoms with Gasteiger partial charge in [0.05, 0.1) is 45.6 Å². The molecule has 5 heteroatoms. The third-order valence-corrected chi connectivity index (χ3v) is 3.92. The van der Waals surface area contributed by atoms with Crippen LogP contribution in [0.3, 0.4) is 0 Å². The van der Waals surface area contributed by atoms with Crippen molar-refractivity contribution in [1.82, 2.24) is 0 Å². The van der Waals surface area contributed by atoms with Gasteiger partial charge in [-0.3, -0.25) is 0 Å². The van der Waals surface area contributed by atoms with Crippen LogP contribution in [0.5, 0.6) is 0 Å². The Morgan fingerprint density at radius 2 is 0.741 bits per heavy atom. The summed E-state index contributed by atoms with van der Waals surface area (Å²) in [5.41, 5.74) is 7.15. The van der Waals surface area contributed by atoms with Gasteiger partial charge in [-0.05, 0) is 78.7 Å². The number of hydrogen-bond donors (Lipinski definition) is 1. The smallest absolute Gasteiger partial charge is 0.0659 e. The highest BCUT2D eigenvalue weighted by Gasteiger charge is 2.11. The molecule has 0 saturated carbocycles. The maximum Gasteiger partial charge on any atom is 0.0659 e. The number of aliphatic imine (C=N–C) groups is 4. The molecule has 0 aromatic carbocycles. The van der Waals surface area contributed by atoms with Crippen molar-refractivity contribution >= 4 is 35.5 Å². The average molecular weight is 370 g/mol. The first-order valence-electron chi connectivity index (χ1n) is 8.76. The predicted molar refractivity (Wildman–Crippen MR) is 118 cm³/mol. The second kappa shape index (κ2) is 7.68. The molecule has 0 saturated heterocycles. The van der Waals surface area contributed by atoms with Gasteiger partial charge in [-0.1, -0.05) is 6.92 Å². The van der Waals surface area contributed by atoms with Crippen molar-refractivity contribution in [2.75, 3.05) is 5.75 Å². The zero-order valence-corrected chi connectivity index (χ0v) is 15.8. The van der Waals surface area contributed by atoms with Gasteiger partial charge in [-0.25, -0.2) is 20.0 Å². The van der Waals surface area contributed by atoms with Crippen LogP contribution in [0.1, 0.15) is 6.92 Å². The van der Waals surface area contributed by atoms with Crippen molar-refractivity contribution in [3.05, 3.63) is 95.7 Å². The van der Waals surface area contributed by atoms with Crippen LogP contribution in [0.2, 0.25) is 0 Å². The standard InChI is InChI=1S/C20H12N4.C2H6S/c1-2-14-10-16-5-6-18(23-16)12-20-8-7-19(24-20)11-17-4-3-15(22-17)9-13(1)21-14;1-2-3/h1-12H;3H,2H2,1H3. The molecule has 0 atom stereocenters. The van der Waals surface area contributed by atoms with E-state index >= 15 is 0 Å². The van der Waals surface area contributed by atoms with Gasteiger partial charge in [0.1, 0.15) is 0 Å². The molecule has 4 nitrogen and oxygen atoms in total. The molecule has 0 aromatic heterocycles. The van der Waals surface area contributed by atoms with Crippen LogP contribution in [0.25, 0.3) is 0 Å². The van der Waals surface area contributed by atoms with E-state index in [1.807, 2.05) is 79.8 Å². The van der Waals surface area contributed by atoms with E-state index in [0.29, 0.717) is 0 Å². The quantitative estimate of drug-likeness (QED) is 0.610. The Morgan fingerprint density at radius 3 is 0.963 bits per heavy atom. The summed E-state index contributed by atoms with van der Waals surface area (Å²) in [6, 6.07) is 0. The van der Waals surface area contributed by atoms with Crippen LogP contribution in [-0.2, 0) is 0 Å². The molecule has 5 rings (SSSR count). The lowest BCUT2D eigenvalue weighted by Gasteiger charge is -1.94. The second-order valence-corrected chi connectivity index (χ2v) is 6.71. The zero-order valence-electron chi connectivity index (χ0n) is 14.9. The predicted octanol–water partition coefficient (Wildman–Crippen LogP) is 4.51. The highest BCUT2D eigenvalue weighted by Crippen LogP contribution is 2.20. The molecule has 0 aliphatic carbocycles. The Bertz CT molecular complexity index is 864. The molecular weight excluding hydrogens is 352 g/mol. The van der Waals surface area contributed by atoms with Gasteiger partial charge in [0, 0.05) is 0 Å². The molecule has 0 aromatic rings. The van der Waals surface area contributed by atoms with Crippen LogP contribution in [-0.4, -0.2) is 28.6 Å². The van der Waals surface area contributed by atoms with Crippen molar-refractivity contribution in [3.63, 3.8) is 0 Å². The fourth-order valence-electron chi connectivity index (χ4n) is 2.83. The van der Waals surface area contributed by atoms with E-state index in [1.54, 1.807) is 0 Å². The summed E-state index contributed by atoms with van der Waals surface area (Å²) < 4.78 is 0. The van der Waals surface area contributed by atoms with Gasteiger partial charge in [0.25, 0.3) is 0 Å². The lowest BCUT2D eigenvalue weighted by molar-refractivity contribution is 1.41. The first-order valence-corrected chi connectivity index (χ1v) is 9.40. The highest BCUT2D eigenvalue weighted by molar-refractivity contribution is 7.80. The van der Waals surface area contributed by atoms with Gasteiger partial charge in [0.15, 0.2) is 0 Å². The van der Waals surface area contributed by atoms with Gasteiger partial charge < -0.3 is 0 Å². The summed E-state index contributed by atoms with van der Waals surface area (Å²) >= 11 is 3.79. The Labute approximate surface area is 164 Å². The van der Waals surface area contributed by atoms with E-state index < -0.39 is 0 Å². The SMILES string of the molecule is C1=CC2=NC1=CC1=NC(=CC3=NC(=CC4=NC(=C2)C=C4)C=C3)C=C1.CCS. The minimum Gasteiger partial charge on any atom is -0.249 e. The molecule has 0 amide bonds. The van der Waals surface area contributed by atoms with Crippen molar-refractivity contribution in [2.24, 2.45) is 20.0 Å². The molecule has 0 spiro atoms. The van der Waals surface area contributed by atoms with Crippen LogP contribution in [0.15, 0.2) is 116 Å². The minimum absolute atomic E-state index is 0.894. The van der Waals surface area contributed by atoms with Gasteiger partial charge in [-0.2, -0.15) is 12.6 Å². The molecule has 5 aliphatic heterocycles. The zero-order chi connectivity index (χ0) is 18.6. The lowest BCUT2D eigenvalue weighted by Crippen LogP contribution is -1.89. The summed E-state index contributed by atoms with van der Waals surface area (Å²) in [7, 11) is 0. The summed E-state index contributed by atoms with van der Waals surface area (Å²) in [5, 5.41) is 0. The van der Waals surface area contributed by atoms with Crippen LogP contribution in [0, 0.1) is 0 Å². The summed E-state index contributed by atoms with van der Waals surface area (Å²) in [6.07, 6.45) is 23.8. The summed E-state index contributed by atoms with van der Waals surface area (Å²) in [6.45, 7) is 1.99. The van der Waals surface area contributed by atoms with Gasteiger partial charge in [0.2, 0.25) is 0 Å². The molecule has 0 unspecified atom stereocenters. The van der Waals surface area contributed by atoms with Crippen molar-refractivity contribution in [2.45, 2.75) is 6.92 Å². The summed E-state index contributed by atoms with van der Waals surface area (Å²) in [4.78, 5) is 18.4. The Kier molecular flexibility index (Phi) is 4.94. The number of hydrogen-bond acceptors (Lipinski definition) is 5. The largest absolute Gasteiger partial charge is 0.249 e. The molecule has 132 valence electrons. The monoisotopic (exact) mass is 370 g/mol. The number of rotatable bonds is 0. The Hall–Kier alpha value is -3.05. The first-order chi connectivity index (χ1) is 13.2. The van der Waals surface area contributed by atoms with E-state index in [9.17, 15) is 0 Å². The second-order valence-electron chi connectivity index (χ2n) is 6.07. The molecule has 0 N–H and O–H groups in total. The number of fused-ring (bicyclic) bond motifs is 4. The minimum atomic E-state index is 0.894. The van der Waals surface area contributed by atoms with E-state index in [2.05, 4.69) is 32.6 Å². The van der Waals surface area contributed by atoms with Crippen molar-refractivity contribution in [1.29, 1.82) is 0 Å². The van der Waals surface area contributed by atoms with Gasteiger partial charge >= 0.3 is 0 Å². The lowest BCUT2D eigenvalue weighted by atomic mass is 10.2. The molecule has 27 heavy (non-hydrogen) atoms. The number of thiol groups is 1. The molecule has 5 aliphatic rings. The number of allylic oxidation sites excluding steroid dienone is 12. The molecule has 8 bridgehead atoms. The molecule has 0 radical (unpaired) electrons. The van der Waals surface area contributed by atoms with Crippen LogP contribution < -0.4 is 0 Å². The Morgan fingerprint density at radius 1 is 0.519 bits per heavy atom. The van der Waals surface area contributed by atoms with Gasteiger partial charge in [-0.15, -0.1) is 0 Å². The molecular formula is C22H18N4S. The molecule has 5 heterocycles. The maximum atomic E-state index is 4.59. The van der Waals surface area contributed by atoms with E-state index in [1.165, 1.54) is 0 Å². The van der Waals surface area contributed by atoms with Crippen LogP contribution in [0.4, 0.5) is 0 Å². The summed E-state index contributed by atoms with van der Waals surface area (Å²) in [5.74, 6) is 0.944. The van der Waals surface area contributed by atoms with E-state index in [-0.39, 0.29) is 0 Å². The molecule has 0 fully saturated rings. The average Bonchev–Trinajstić information content (AvgIpc) is 3.41. The highest BCUT2D eigenvalue weighted by atomic mass is 32.1. The maximum absolute atomic E-state index is 4.59. The van der Waals surface area contributed by atoms with Crippen LogP contribution >= 0.6 is 12.6 Å². The fourth-order valence-corrected chi connectivity index (χ4v) is 2.83. The first kappa shape index (κ1) is 17.4. The van der Waals surface area contributed by atoms with E-state index in [4.69, 9.17) is 0 Å². The normalized spacial score (nSPS) is 20.8. The van der Waals surface area contributed by atoms with E-state index in [0.717, 1.165) is 51.4 Å². The topological polar surface area (TPSA) is 49.4 Å². The number of nitrogens with zero attached hydrogens (tertiary/aromatic N) is 4. The van der Waals surface area contributed by atoms with Crippen molar-refractivity contribution in [3.8, 4) is 0 Å². The Balaban J connectivity index is 0.000000565. The van der Waals surface area contributed by atoms with Crippen molar-refractivity contribution < 1.29 is 0 Å².